The second-order valence-corrected chi connectivity index (χ2v) is 6.02. The van der Waals surface area contributed by atoms with Crippen molar-refractivity contribution < 1.29 is 19.3 Å². The van der Waals surface area contributed by atoms with E-state index >= 15 is 0 Å². The third-order valence-electron chi connectivity index (χ3n) is 4.46. The van der Waals surface area contributed by atoms with Crippen LogP contribution < -0.4 is 5.32 Å². The molecule has 1 aromatic rings. The number of hydrogen-bond donors (Lipinski definition) is 1. The van der Waals surface area contributed by atoms with Crippen LogP contribution >= 0.6 is 0 Å². The van der Waals surface area contributed by atoms with Crippen molar-refractivity contribution in [1.29, 1.82) is 0 Å². The Labute approximate surface area is 138 Å². The summed E-state index contributed by atoms with van der Waals surface area (Å²) in [4.78, 5) is 47.9. The zero-order valence-electron chi connectivity index (χ0n) is 13.0. The smallest absolute Gasteiger partial charge is 0.282 e. The fraction of sp³-hybridized carbons (Fsp3) is 0.438. The maximum atomic E-state index is 12.4. The lowest BCUT2D eigenvalue weighted by Crippen LogP contribution is -2.37. The molecular formula is C16H17N3O5. The van der Waals surface area contributed by atoms with E-state index in [1.807, 2.05) is 0 Å². The fourth-order valence-corrected chi connectivity index (χ4v) is 3.25. The molecule has 1 aliphatic carbocycles. The first-order chi connectivity index (χ1) is 11.5. The van der Waals surface area contributed by atoms with Crippen LogP contribution in [0, 0.1) is 10.1 Å². The quantitative estimate of drug-likeness (QED) is 0.501. The maximum absolute atomic E-state index is 12.4. The molecule has 1 saturated carbocycles. The Hall–Kier alpha value is -2.77. The number of amides is 3. The Morgan fingerprint density at radius 2 is 1.96 bits per heavy atom. The molecule has 0 atom stereocenters. The summed E-state index contributed by atoms with van der Waals surface area (Å²) in [5, 5.41) is 13.9. The minimum Gasteiger partial charge on any atom is -0.353 e. The molecule has 0 spiro atoms. The number of nitro benzene ring substituents is 1. The number of fused-ring (bicyclic) bond motifs is 1. The van der Waals surface area contributed by atoms with Gasteiger partial charge in [0.05, 0.1) is 10.5 Å². The van der Waals surface area contributed by atoms with Crippen LogP contribution in [-0.4, -0.2) is 40.1 Å². The molecule has 1 N–H and O–H groups in total. The number of nitro groups is 1. The zero-order valence-corrected chi connectivity index (χ0v) is 13.0. The van der Waals surface area contributed by atoms with Gasteiger partial charge in [0, 0.05) is 25.1 Å². The number of benzene rings is 1. The second kappa shape index (κ2) is 6.38. The van der Waals surface area contributed by atoms with Crippen LogP contribution in [0.5, 0.6) is 0 Å². The highest BCUT2D eigenvalue weighted by Gasteiger charge is 2.40. The number of carbonyl (C=O) groups is 3. The molecule has 1 fully saturated rings. The van der Waals surface area contributed by atoms with Gasteiger partial charge in [0.25, 0.3) is 17.5 Å². The molecule has 3 amide bonds. The molecule has 3 rings (SSSR count). The molecule has 0 saturated heterocycles. The Bertz CT molecular complexity index is 724. The predicted molar refractivity (Wildman–Crippen MR) is 83.5 cm³/mol. The molecule has 126 valence electrons. The minimum atomic E-state index is -0.712. The molecule has 2 aliphatic rings. The maximum Gasteiger partial charge on any atom is 0.282 e. The monoisotopic (exact) mass is 331 g/mol. The van der Waals surface area contributed by atoms with Gasteiger partial charge in [-0.05, 0) is 18.9 Å². The first-order valence-electron chi connectivity index (χ1n) is 7.92. The van der Waals surface area contributed by atoms with E-state index in [2.05, 4.69) is 5.32 Å². The fourth-order valence-electron chi connectivity index (χ4n) is 3.25. The summed E-state index contributed by atoms with van der Waals surface area (Å²) in [6.07, 6.45) is 4.08. The lowest BCUT2D eigenvalue weighted by Gasteiger charge is -2.15. The standard InChI is InChI=1S/C16H17N3O5/c20-13(17-10-4-1-2-5-10)8-9-18-15(21)11-6-3-7-12(19(23)24)14(11)16(18)22/h3,6-7,10H,1-2,4-5,8-9H2,(H,17,20). The molecule has 0 unspecified atom stereocenters. The summed E-state index contributed by atoms with van der Waals surface area (Å²) in [6.45, 7) is -0.0813. The van der Waals surface area contributed by atoms with Crippen molar-refractivity contribution in [1.82, 2.24) is 10.2 Å². The van der Waals surface area contributed by atoms with E-state index in [0.717, 1.165) is 30.6 Å². The first kappa shape index (κ1) is 16.1. The van der Waals surface area contributed by atoms with Crippen LogP contribution in [0.25, 0.3) is 0 Å². The molecule has 8 nitrogen and oxygen atoms in total. The average molecular weight is 331 g/mol. The van der Waals surface area contributed by atoms with Crippen molar-refractivity contribution in [2.24, 2.45) is 0 Å². The van der Waals surface area contributed by atoms with Crippen molar-refractivity contribution in [2.75, 3.05) is 6.54 Å². The van der Waals surface area contributed by atoms with Gasteiger partial charge in [0.1, 0.15) is 5.56 Å². The normalized spacial score (nSPS) is 17.2. The molecule has 0 radical (unpaired) electrons. The van der Waals surface area contributed by atoms with E-state index < -0.39 is 16.7 Å². The number of nitrogens with zero attached hydrogens (tertiary/aromatic N) is 2. The average Bonchev–Trinajstić information content (AvgIpc) is 3.14. The molecule has 1 aliphatic heterocycles. The van der Waals surface area contributed by atoms with Crippen molar-refractivity contribution in [2.45, 2.75) is 38.1 Å². The van der Waals surface area contributed by atoms with E-state index in [0.29, 0.717) is 0 Å². The third kappa shape index (κ3) is 2.86. The van der Waals surface area contributed by atoms with E-state index in [9.17, 15) is 24.5 Å². The molecule has 1 heterocycles. The summed E-state index contributed by atoms with van der Waals surface area (Å²) >= 11 is 0. The number of hydrogen-bond acceptors (Lipinski definition) is 5. The summed E-state index contributed by atoms with van der Waals surface area (Å²) in [5.41, 5.74) is -0.558. The molecule has 24 heavy (non-hydrogen) atoms. The largest absolute Gasteiger partial charge is 0.353 e. The van der Waals surface area contributed by atoms with Crippen LogP contribution in [0.1, 0.15) is 52.8 Å². The van der Waals surface area contributed by atoms with E-state index in [-0.39, 0.29) is 41.7 Å². The van der Waals surface area contributed by atoms with E-state index in [4.69, 9.17) is 0 Å². The van der Waals surface area contributed by atoms with Crippen molar-refractivity contribution in [3.8, 4) is 0 Å². The summed E-state index contributed by atoms with van der Waals surface area (Å²) < 4.78 is 0. The van der Waals surface area contributed by atoms with Gasteiger partial charge in [-0.3, -0.25) is 29.4 Å². The SMILES string of the molecule is O=C(CCN1C(=O)c2cccc([N+](=O)[O-])c2C1=O)NC1CCCC1. The highest BCUT2D eigenvalue weighted by atomic mass is 16.6. The van der Waals surface area contributed by atoms with Gasteiger partial charge in [-0.1, -0.05) is 18.9 Å². The summed E-state index contributed by atoms with van der Waals surface area (Å²) in [6, 6.07) is 4.13. The summed E-state index contributed by atoms with van der Waals surface area (Å²) in [7, 11) is 0. The molecule has 0 bridgehead atoms. The van der Waals surface area contributed by atoms with Gasteiger partial charge in [0.2, 0.25) is 5.91 Å². The topological polar surface area (TPSA) is 110 Å². The minimum absolute atomic E-state index is 0.00420. The van der Waals surface area contributed by atoms with E-state index in [1.165, 1.54) is 18.2 Å². The molecule has 8 heteroatoms. The zero-order chi connectivity index (χ0) is 17.3. The van der Waals surface area contributed by atoms with Gasteiger partial charge in [0.15, 0.2) is 0 Å². The summed E-state index contributed by atoms with van der Waals surface area (Å²) in [5.74, 6) is -1.52. The third-order valence-corrected chi connectivity index (χ3v) is 4.46. The van der Waals surface area contributed by atoms with Crippen LogP contribution in [-0.2, 0) is 4.79 Å². The Morgan fingerprint density at radius 1 is 1.25 bits per heavy atom. The lowest BCUT2D eigenvalue weighted by molar-refractivity contribution is -0.385. The van der Waals surface area contributed by atoms with Gasteiger partial charge in [-0.2, -0.15) is 0 Å². The van der Waals surface area contributed by atoms with Crippen molar-refractivity contribution >= 4 is 23.4 Å². The van der Waals surface area contributed by atoms with Crippen LogP contribution in [0.15, 0.2) is 18.2 Å². The molecule has 1 aromatic carbocycles. The highest BCUT2D eigenvalue weighted by molar-refractivity contribution is 6.23. The van der Waals surface area contributed by atoms with Gasteiger partial charge < -0.3 is 5.32 Å². The van der Waals surface area contributed by atoms with Gasteiger partial charge in [-0.15, -0.1) is 0 Å². The Balaban J connectivity index is 1.68. The number of rotatable bonds is 5. The molecular weight excluding hydrogens is 314 g/mol. The van der Waals surface area contributed by atoms with Crippen LogP contribution in [0.3, 0.4) is 0 Å². The first-order valence-corrected chi connectivity index (χ1v) is 7.92. The van der Waals surface area contributed by atoms with Gasteiger partial charge >= 0.3 is 0 Å². The number of carbonyl (C=O) groups excluding carboxylic acids is 3. The predicted octanol–water partition coefficient (Wildman–Crippen LogP) is 1.64. The van der Waals surface area contributed by atoms with Crippen LogP contribution in [0.2, 0.25) is 0 Å². The Morgan fingerprint density at radius 3 is 2.62 bits per heavy atom. The van der Waals surface area contributed by atoms with Crippen molar-refractivity contribution in [3.05, 3.63) is 39.4 Å². The number of nitrogens with one attached hydrogen (secondary N) is 1. The lowest BCUT2D eigenvalue weighted by atomic mass is 10.1. The Kier molecular flexibility index (Phi) is 4.28. The van der Waals surface area contributed by atoms with Crippen molar-refractivity contribution in [3.63, 3.8) is 0 Å². The second-order valence-electron chi connectivity index (χ2n) is 6.02. The van der Waals surface area contributed by atoms with Crippen LogP contribution in [0.4, 0.5) is 5.69 Å². The number of imide groups is 1. The molecule has 0 aromatic heterocycles. The highest BCUT2D eigenvalue weighted by Crippen LogP contribution is 2.30. The van der Waals surface area contributed by atoms with Gasteiger partial charge in [-0.25, -0.2) is 0 Å². The van der Waals surface area contributed by atoms with E-state index in [1.54, 1.807) is 0 Å².